The molecule has 0 spiro atoms. The SMILES string of the molecule is CNS(=O)(=O)c1cc(C(=O)N2CCC2)ccc1OC. The van der Waals surface area contributed by atoms with Crippen molar-refractivity contribution in [1.29, 1.82) is 0 Å². The van der Waals surface area contributed by atoms with E-state index in [1.165, 1.54) is 26.3 Å². The molecule has 1 aromatic carbocycles. The Labute approximate surface area is 112 Å². The molecule has 1 aromatic rings. The Kier molecular flexibility index (Phi) is 3.77. The van der Waals surface area contributed by atoms with Crippen LogP contribution in [0.3, 0.4) is 0 Å². The second-order valence-corrected chi connectivity index (χ2v) is 6.07. The van der Waals surface area contributed by atoms with Gasteiger partial charge in [-0.1, -0.05) is 0 Å². The highest BCUT2D eigenvalue weighted by Crippen LogP contribution is 2.25. The summed E-state index contributed by atoms with van der Waals surface area (Å²) in [6.45, 7) is 1.44. The number of ether oxygens (including phenoxy) is 1. The van der Waals surface area contributed by atoms with Crippen LogP contribution >= 0.6 is 0 Å². The predicted molar refractivity (Wildman–Crippen MR) is 69.8 cm³/mol. The number of rotatable bonds is 4. The number of hydrogen-bond acceptors (Lipinski definition) is 4. The van der Waals surface area contributed by atoms with E-state index in [4.69, 9.17) is 4.74 Å². The van der Waals surface area contributed by atoms with E-state index in [0.29, 0.717) is 5.56 Å². The molecule has 0 bridgehead atoms. The number of amides is 1. The third-order valence-electron chi connectivity index (χ3n) is 3.11. The molecule has 1 heterocycles. The molecule has 0 radical (unpaired) electrons. The lowest BCUT2D eigenvalue weighted by Gasteiger charge is -2.31. The fraction of sp³-hybridized carbons (Fsp3) is 0.417. The summed E-state index contributed by atoms with van der Waals surface area (Å²) in [4.78, 5) is 13.7. The number of benzene rings is 1. The van der Waals surface area contributed by atoms with Crippen LogP contribution in [-0.4, -0.2) is 46.5 Å². The van der Waals surface area contributed by atoms with Crippen molar-refractivity contribution in [2.75, 3.05) is 27.2 Å². The van der Waals surface area contributed by atoms with Crippen LogP contribution in [0.2, 0.25) is 0 Å². The normalized spacial score (nSPS) is 14.9. The minimum Gasteiger partial charge on any atom is -0.495 e. The fourth-order valence-corrected chi connectivity index (χ4v) is 2.75. The first-order valence-electron chi connectivity index (χ1n) is 5.90. The summed E-state index contributed by atoms with van der Waals surface area (Å²) in [6.07, 6.45) is 0.990. The van der Waals surface area contributed by atoms with E-state index in [-0.39, 0.29) is 16.6 Å². The summed E-state index contributed by atoms with van der Waals surface area (Å²) in [5.74, 6) is 0.0657. The number of carbonyl (C=O) groups is 1. The van der Waals surface area contributed by atoms with Gasteiger partial charge in [0.1, 0.15) is 10.6 Å². The summed E-state index contributed by atoms with van der Waals surface area (Å²) in [5, 5.41) is 0. The zero-order valence-electron chi connectivity index (χ0n) is 10.8. The molecule has 0 atom stereocenters. The van der Waals surface area contributed by atoms with Crippen LogP contribution in [0.1, 0.15) is 16.8 Å². The Morgan fingerprint density at radius 1 is 1.37 bits per heavy atom. The van der Waals surface area contributed by atoms with Gasteiger partial charge in [0.05, 0.1) is 7.11 Å². The molecular weight excluding hydrogens is 268 g/mol. The van der Waals surface area contributed by atoms with Crippen molar-refractivity contribution in [3.8, 4) is 5.75 Å². The molecular formula is C12H16N2O4S. The molecule has 2 rings (SSSR count). The molecule has 104 valence electrons. The third kappa shape index (κ3) is 2.57. The lowest BCUT2D eigenvalue weighted by Crippen LogP contribution is -2.42. The molecule has 1 aliphatic rings. The van der Waals surface area contributed by atoms with Gasteiger partial charge in [0.25, 0.3) is 5.91 Å². The number of methoxy groups -OCH3 is 1. The average molecular weight is 284 g/mol. The van der Waals surface area contributed by atoms with Crippen molar-refractivity contribution >= 4 is 15.9 Å². The highest BCUT2D eigenvalue weighted by molar-refractivity contribution is 7.89. The molecule has 0 unspecified atom stereocenters. The van der Waals surface area contributed by atoms with Crippen LogP contribution in [0.25, 0.3) is 0 Å². The molecule has 0 saturated carbocycles. The lowest BCUT2D eigenvalue weighted by atomic mass is 10.1. The molecule has 1 amide bonds. The maximum Gasteiger partial charge on any atom is 0.253 e. The first kappa shape index (κ1) is 13.8. The molecule has 1 aliphatic heterocycles. The standard InChI is InChI=1S/C12H16N2O4S/c1-13-19(16,17)11-8-9(4-5-10(11)18-2)12(15)14-6-3-7-14/h4-5,8,13H,3,6-7H2,1-2H3. The van der Waals surface area contributed by atoms with Gasteiger partial charge in [0, 0.05) is 18.7 Å². The maximum absolute atomic E-state index is 12.1. The highest BCUT2D eigenvalue weighted by atomic mass is 32.2. The van der Waals surface area contributed by atoms with Gasteiger partial charge in [-0.3, -0.25) is 4.79 Å². The number of hydrogen-bond donors (Lipinski definition) is 1. The number of nitrogens with zero attached hydrogens (tertiary/aromatic N) is 1. The highest BCUT2D eigenvalue weighted by Gasteiger charge is 2.25. The average Bonchev–Trinajstić information content (AvgIpc) is 2.35. The van der Waals surface area contributed by atoms with Gasteiger partial charge in [0.2, 0.25) is 10.0 Å². The fourth-order valence-electron chi connectivity index (χ4n) is 1.83. The Morgan fingerprint density at radius 3 is 2.53 bits per heavy atom. The second kappa shape index (κ2) is 5.18. The van der Waals surface area contributed by atoms with Crippen molar-refractivity contribution in [3.63, 3.8) is 0 Å². The molecule has 7 heteroatoms. The summed E-state index contributed by atoms with van der Waals surface area (Å²) in [5.41, 5.74) is 0.356. The van der Waals surface area contributed by atoms with E-state index in [0.717, 1.165) is 19.5 Å². The summed E-state index contributed by atoms with van der Waals surface area (Å²) >= 11 is 0. The van der Waals surface area contributed by atoms with Gasteiger partial charge < -0.3 is 9.64 Å². The monoisotopic (exact) mass is 284 g/mol. The molecule has 0 aromatic heterocycles. The quantitative estimate of drug-likeness (QED) is 0.871. The van der Waals surface area contributed by atoms with Crippen LogP contribution in [0.5, 0.6) is 5.75 Å². The van der Waals surface area contributed by atoms with Gasteiger partial charge >= 0.3 is 0 Å². The molecule has 0 aliphatic carbocycles. The molecule has 1 N–H and O–H groups in total. The van der Waals surface area contributed by atoms with Crippen LogP contribution in [0, 0.1) is 0 Å². The molecule has 6 nitrogen and oxygen atoms in total. The number of likely N-dealkylation sites (tertiary alicyclic amines) is 1. The Morgan fingerprint density at radius 2 is 2.05 bits per heavy atom. The van der Waals surface area contributed by atoms with Crippen molar-refractivity contribution in [2.24, 2.45) is 0 Å². The van der Waals surface area contributed by atoms with Crippen LogP contribution < -0.4 is 9.46 Å². The zero-order chi connectivity index (χ0) is 14.0. The predicted octanol–water partition coefficient (Wildman–Crippen LogP) is 0.449. The number of sulfonamides is 1. The lowest BCUT2D eigenvalue weighted by molar-refractivity contribution is 0.0651. The van der Waals surface area contributed by atoms with Gasteiger partial charge in [-0.2, -0.15) is 0 Å². The Bertz CT molecular complexity index is 594. The van der Waals surface area contributed by atoms with Crippen LogP contribution in [0.4, 0.5) is 0 Å². The minimum atomic E-state index is -3.66. The maximum atomic E-state index is 12.1. The second-order valence-electron chi connectivity index (χ2n) is 4.22. The van der Waals surface area contributed by atoms with E-state index < -0.39 is 10.0 Å². The van der Waals surface area contributed by atoms with E-state index >= 15 is 0 Å². The Balaban J connectivity index is 2.43. The van der Waals surface area contributed by atoms with Crippen LogP contribution in [-0.2, 0) is 10.0 Å². The van der Waals surface area contributed by atoms with Crippen molar-refractivity contribution in [1.82, 2.24) is 9.62 Å². The Hall–Kier alpha value is -1.60. The molecule has 1 fully saturated rings. The van der Waals surface area contributed by atoms with Gasteiger partial charge in [0.15, 0.2) is 0 Å². The van der Waals surface area contributed by atoms with E-state index in [1.54, 1.807) is 11.0 Å². The van der Waals surface area contributed by atoms with Crippen molar-refractivity contribution in [2.45, 2.75) is 11.3 Å². The zero-order valence-corrected chi connectivity index (χ0v) is 11.7. The minimum absolute atomic E-state index is 0.0242. The van der Waals surface area contributed by atoms with Gasteiger partial charge in [-0.25, -0.2) is 13.1 Å². The summed E-state index contributed by atoms with van der Waals surface area (Å²) in [7, 11) is -0.949. The largest absolute Gasteiger partial charge is 0.495 e. The van der Waals surface area contributed by atoms with E-state index in [1.807, 2.05) is 0 Å². The van der Waals surface area contributed by atoms with E-state index in [2.05, 4.69) is 4.72 Å². The smallest absolute Gasteiger partial charge is 0.253 e. The van der Waals surface area contributed by atoms with E-state index in [9.17, 15) is 13.2 Å². The van der Waals surface area contributed by atoms with Crippen LogP contribution in [0.15, 0.2) is 23.1 Å². The van der Waals surface area contributed by atoms with Crippen molar-refractivity contribution in [3.05, 3.63) is 23.8 Å². The summed E-state index contributed by atoms with van der Waals surface area (Å²) in [6, 6.07) is 4.43. The molecule has 19 heavy (non-hydrogen) atoms. The van der Waals surface area contributed by atoms with Crippen molar-refractivity contribution < 1.29 is 17.9 Å². The van der Waals surface area contributed by atoms with Gasteiger partial charge in [-0.15, -0.1) is 0 Å². The number of carbonyl (C=O) groups excluding carboxylic acids is 1. The first-order chi connectivity index (χ1) is 8.99. The number of nitrogens with one attached hydrogen (secondary N) is 1. The van der Waals surface area contributed by atoms with Gasteiger partial charge in [-0.05, 0) is 31.7 Å². The summed E-state index contributed by atoms with van der Waals surface area (Å²) < 4.78 is 31.0. The third-order valence-corrected chi connectivity index (χ3v) is 4.55. The first-order valence-corrected chi connectivity index (χ1v) is 7.39. The molecule has 1 saturated heterocycles. The topological polar surface area (TPSA) is 75.7 Å².